The fourth-order valence-electron chi connectivity index (χ4n) is 3.52. The molecule has 1 heteroatoms. The highest BCUT2D eigenvalue weighted by atomic mass is 16.1. The number of Topliss-reactive ketones (excluding diaryl/α,β-unsaturated/α-hetero) is 1. The van der Waals surface area contributed by atoms with Crippen molar-refractivity contribution in [1.82, 2.24) is 0 Å². The first kappa shape index (κ1) is 18.0. The van der Waals surface area contributed by atoms with Crippen molar-refractivity contribution in [1.29, 1.82) is 0 Å². The van der Waals surface area contributed by atoms with Crippen LogP contribution in [-0.2, 0) is 11.2 Å². The second-order valence-electron chi connectivity index (χ2n) is 7.00. The Labute approximate surface area is 142 Å². The summed E-state index contributed by atoms with van der Waals surface area (Å²) in [7, 11) is 0. The Balaban J connectivity index is 1.98. The number of rotatable bonds is 3. The Morgan fingerprint density at radius 3 is 2.04 bits per heavy atom. The molecule has 23 heavy (non-hydrogen) atoms. The van der Waals surface area contributed by atoms with Crippen LogP contribution in [0.4, 0.5) is 0 Å². The van der Waals surface area contributed by atoms with Gasteiger partial charge in [-0.25, -0.2) is 0 Å². The summed E-state index contributed by atoms with van der Waals surface area (Å²) < 4.78 is 0. The zero-order valence-electron chi connectivity index (χ0n) is 14.8. The summed E-state index contributed by atoms with van der Waals surface area (Å²) in [6.45, 7) is 2.18. The van der Waals surface area contributed by atoms with Gasteiger partial charge in [-0.05, 0) is 50.2 Å². The minimum absolute atomic E-state index is 0.427. The summed E-state index contributed by atoms with van der Waals surface area (Å²) in [5, 5.41) is 0. The van der Waals surface area contributed by atoms with Crippen molar-refractivity contribution in [3.05, 3.63) is 47.0 Å². The quantitative estimate of drug-likeness (QED) is 0.589. The molecule has 0 unspecified atom stereocenters. The average Bonchev–Trinajstić information content (AvgIpc) is 2.57. The van der Waals surface area contributed by atoms with Gasteiger partial charge in [-0.1, -0.05) is 74.4 Å². The van der Waals surface area contributed by atoms with Crippen molar-refractivity contribution in [3.8, 4) is 0 Å². The van der Waals surface area contributed by atoms with Crippen LogP contribution in [0.2, 0.25) is 0 Å². The van der Waals surface area contributed by atoms with Crippen LogP contribution in [0.15, 0.2) is 41.5 Å². The van der Waals surface area contributed by atoms with E-state index in [1.165, 1.54) is 56.1 Å². The molecule has 0 saturated heterocycles. The lowest BCUT2D eigenvalue weighted by Crippen LogP contribution is -2.07. The van der Waals surface area contributed by atoms with Gasteiger partial charge < -0.3 is 0 Å². The number of ketones is 1. The molecule has 1 aliphatic carbocycles. The second kappa shape index (κ2) is 10.4. The Morgan fingerprint density at radius 2 is 1.39 bits per heavy atom. The Hall–Kier alpha value is -1.37. The highest BCUT2D eigenvalue weighted by Crippen LogP contribution is 2.23. The molecule has 0 heterocycles. The first-order valence-corrected chi connectivity index (χ1v) is 9.53. The van der Waals surface area contributed by atoms with E-state index < -0.39 is 0 Å². The van der Waals surface area contributed by atoms with Gasteiger partial charge in [0.15, 0.2) is 5.78 Å². The molecule has 1 saturated carbocycles. The minimum Gasteiger partial charge on any atom is -0.295 e. The third-order valence-corrected chi connectivity index (χ3v) is 5.06. The zero-order valence-corrected chi connectivity index (χ0v) is 14.8. The molecular weight excluding hydrogens is 280 g/mol. The van der Waals surface area contributed by atoms with Gasteiger partial charge >= 0.3 is 0 Å². The van der Waals surface area contributed by atoms with Gasteiger partial charge in [0.2, 0.25) is 0 Å². The van der Waals surface area contributed by atoms with Gasteiger partial charge in [0.25, 0.3) is 0 Å². The molecule has 1 aromatic rings. The molecule has 0 spiro atoms. The number of carbonyl (C=O) groups is 1. The maximum atomic E-state index is 12.6. The van der Waals surface area contributed by atoms with Gasteiger partial charge in [-0.3, -0.25) is 4.79 Å². The molecule has 0 aromatic heterocycles. The topological polar surface area (TPSA) is 17.1 Å². The van der Waals surface area contributed by atoms with Gasteiger partial charge in [0.1, 0.15) is 0 Å². The van der Waals surface area contributed by atoms with E-state index in [9.17, 15) is 4.79 Å². The minimum atomic E-state index is 0.427. The van der Waals surface area contributed by atoms with Crippen molar-refractivity contribution < 1.29 is 4.79 Å². The number of allylic oxidation sites excluding steroid dienone is 2. The van der Waals surface area contributed by atoms with Crippen LogP contribution in [-0.4, -0.2) is 5.78 Å². The molecule has 0 amide bonds. The highest BCUT2D eigenvalue weighted by molar-refractivity contribution is 5.95. The lowest BCUT2D eigenvalue weighted by Gasteiger charge is -2.13. The Morgan fingerprint density at radius 1 is 0.826 bits per heavy atom. The number of hydrogen-bond acceptors (Lipinski definition) is 1. The van der Waals surface area contributed by atoms with E-state index in [-0.39, 0.29) is 0 Å². The van der Waals surface area contributed by atoms with Crippen LogP contribution in [0.3, 0.4) is 0 Å². The summed E-state index contributed by atoms with van der Waals surface area (Å²) in [6.07, 6.45) is 14.0. The van der Waals surface area contributed by atoms with Gasteiger partial charge in [0, 0.05) is 6.42 Å². The first-order chi connectivity index (χ1) is 11.3. The summed E-state index contributed by atoms with van der Waals surface area (Å²) >= 11 is 0. The third-order valence-electron chi connectivity index (χ3n) is 5.06. The smallest absolute Gasteiger partial charge is 0.158 e. The van der Waals surface area contributed by atoms with Crippen molar-refractivity contribution in [2.75, 3.05) is 0 Å². The lowest BCUT2D eigenvalue weighted by atomic mass is 9.91. The average molecular weight is 312 g/mol. The predicted molar refractivity (Wildman–Crippen MR) is 98.6 cm³/mol. The van der Waals surface area contributed by atoms with Crippen LogP contribution in [0.25, 0.3) is 0 Å². The van der Waals surface area contributed by atoms with Crippen molar-refractivity contribution in [3.63, 3.8) is 0 Å². The van der Waals surface area contributed by atoms with Gasteiger partial charge in [0.05, 0.1) is 0 Å². The normalized spacial score (nSPS) is 20.5. The molecule has 0 aliphatic heterocycles. The molecule has 2 rings (SSSR count). The molecule has 0 bridgehead atoms. The van der Waals surface area contributed by atoms with Gasteiger partial charge in [-0.15, -0.1) is 0 Å². The Bertz CT molecular complexity index is 498. The second-order valence-corrected chi connectivity index (χ2v) is 7.00. The van der Waals surface area contributed by atoms with Crippen molar-refractivity contribution >= 4 is 5.78 Å². The van der Waals surface area contributed by atoms with Crippen molar-refractivity contribution in [2.24, 2.45) is 0 Å². The first-order valence-electron chi connectivity index (χ1n) is 9.53. The predicted octanol–water partition coefficient (Wildman–Crippen LogP) is 6.42. The van der Waals surface area contributed by atoms with Crippen LogP contribution in [0, 0.1) is 0 Å². The van der Waals surface area contributed by atoms with E-state index in [4.69, 9.17) is 0 Å². The molecule has 0 radical (unpaired) electrons. The van der Waals surface area contributed by atoms with E-state index >= 15 is 0 Å². The van der Waals surface area contributed by atoms with E-state index in [1.54, 1.807) is 0 Å². The maximum absolute atomic E-state index is 12.6. The lowest BCUT2D eigenvalue weighted by molar-refractivity contribution is -0.115. The number of benzene rings is 1. The van der Waals surface area contributed by atoms with E-state index in [2.05, 4.69) is 37.3 Å². The summed E-state index contributed by atoms with van der Waals surface area (Å²) in [5.41, 5.74) is 3.85. The summed E-state index contributed by atoms with van der Waals surface area (Å²) in [4.78, 5) is 12.6. The van der Waals surface area contributed by atoms with E-state index in [0.717, 1.165) is 37.7 Å². The molecule has 126 valence electrons. The van der Waals surface area contributed by atoms with Crippen LogP contribution < -0.4 is 0 Å². The fourth-order valence-corrected chi connectivity index (χ4v) is 3.52. The molecule has 1 aromatic carbocycles. The number of aryl methyl sites for hydroxylation is 1. The van der Waals surface area contributed by atoms with E-state index in [1.807, 2.05) is 0 Å². The molecule has 1 aliphatic rings. The van der Waals surface area contributed by atoms with Gasteiger partial charge in [-0.2, -0.15) is 0 Å². The van der Waals surface area contributed by atoms with E-state index in [0.29, 0.717) is 5.78 Å². The molecular formula is C22H32O. The van der Waals surface area contributed by atoms with Crippen LogP contribution in [0.5, 0.6) is 0 Å². The standard InChI is InChI=1S/C22H32O/c1-19(17-18-20-13-9-8-10-14-20)21-15-11-6-4-2-3-5-7-12-16-22(21)23/h8-10,13-14H,2-7,11-12,15-18H2,1H3/b21-19+. The molecule has 0 N–H and O–H groups in total. The monoisotopic (exact) mass is 312 g/mol. The molecule has 1 fully saturated rings. The van der Waals surface area contributed by atoms with Crippen molar-refractivity contribution in [2.45, 2.75) is 84.0 Å². The number of carbonyl (C=O) groups excluding carboxylic acids is 1. The molecule has 0 atom stereocenters. The van der Waals surface area contributed by atoms with Crippen LogP contribution >= 0.6 is 0 Å². The fraction of sp³-hybridized carbons (Fsp3) is 0.591. The van der Waals surface area contributed by atoms with Crippen LogP contribution in [0.1, 0.15) is 83.1 Å². The summed E-state index contributed by atoms with van der Waals surface area (Å²) in [6, 6.07) is 10.6. The SMILES string of the molecule is C/C(CCc1ccccc1)=C1/CCCCCCCCCCC1=O. The summed E-state index contributed by atoms with van der Waals surface area (Å²) in [5.74, 6) is 0.427. The molecule has 1 nitrogen and oxygen atoms in total. The zero-order chi connectivity index (χ0) is 16.3. The number of hydrogen-bond donors (Lipinski definition) is 0. The highest BCUT2D eigenvalue weighted by Gasteiger charge is 2.13. The largest absolute Gasteiger partial charge is 0.295 e. The maximum Gasteiger partial charge on any atom is 0.158 e. The Kier molecular flexibility index (Phi) is 8.14. The third kappa shape index (κ3) is 6.72.